The average molecular weight is 784 g/mol. The van der Waals surface area contributed by atoms with Crippen molar-refractivity contribution in [2.75, 3.05) is 74.0 Å². The maximum Gasteiger partial charge on any atom is 0.264 e. The Labute approximate surface area is 330 Å². The van der Waals surface area contributed by atoms with Crippen molar-refractivity contribution in [2.24, 2.45) is 0 Å². The van der Waals surface area contributed by atoms with Gasteiger partial charge in [-0.15, -0.1) is 0 Å². The highest BCUT2D eigenvalue weighted by Gasteiger charge is 2.45. The first-order valence-corrected chi connectivity index (χ1v) is 19.6. The normalized spacial score (nSPS) is 19.2. The number of imide groups is 2. The Morgan fingerprint density at radius 2 is 1.74 bits per heavy atom. The van der Waals surface area contributed by atoms with Gasteiger partial charge >= 0.3 is 0 Å². The van der Waals surface area contributed by atoms with Gasteiger partial charge in [-0.3, -0.25) is 34.2 Å². The lowest BCUT2D eigenvalue weighted by atomic mass is 10.0. The Bertz CT molecular complexity index is 2010. The summed E-state index contributed by atoms with van der Waals surface area (Å²) in [5.41, 5.74) is 2.86. The van der Waals surface area contributed by atoms with E-state index in [9.17, 15) is 24.0 Å². The summed E-state index contributed by atoms with van der Waals surface area (Å²) in [7, 11) is 1.55. The number of carbonyl (C=O) groups is 5. The van der Waals surface area contributed by atoms with Gasteiger partial charge in [0.25, 0.3) is 17.7 Å². The smallest absolute Gasteiger partial charge is 0.264 e. The van der Waals surface area contributed by atoms with Crippen molar-refractivity contribution in [1.82, 2.24) is 25.5 Å². The molecule has 1 aromatic heterocycles. The van der Waals surface area contributed by atoms with Crippen LogP contribution >= 0.6 is 0 Å². The average Bonchev–Trinajstić information content (AvgIpc) is 3.84. The summed E-state index contributed by atoms with van der Waals surface area (Å²) in [6, 6.07) is 9.88. The van der Waals surface area contributed by atoms with Crippen molar-refractivity contribution in [2.45, 2.75) is 70.0 Å². The standard InChI is InChI=1S/C40H49N9O8/c1-3-25-22-43-30-23-44-40(47-35(30)48(25)26-7-4-5-8-26)45-28-12-11-24(21-32(28)55-2)36(51)42-16-18-57-20-19-56-17-15-41-29-10-6-9-27-34(29)39(54)49(38(27)53)31-13-14-33(50)46-37(31)52/h6,9-12,21,23,25-26,31,41,43H,3-5,7-8,13-20,22H2,1-2H3,(H,42,51)(H,44,45,47)(H,46,50,52)/t25-,31?/m1/s1. The van der Waals surface area contributed by atoms with E-state index in [1.807, 2.05) is 6.20 Å². The van der Waals surface area contributed by atoms with Crippen LogP contribution in [0.5, 0.6) is 5.75 Å². The number of anilines is 5. The molecule has 1 unspecified atom stereocenters. The molecule has 302 valence electrons. The van der Waals surface area contributed by atoms with Crippen LogP contribution in [0.1, 0.15) is 82.9 Å². The number of nitrogens with zero attached hydrogens (tertiary/aromatic N) is 4. The number of nitrogens with one attached hydrogen (secondary N) is 5. The van der Waals surface area contributed by atoms with Crippen molar-refractivity contribution in [1.29, 1.82) is 0 Å². The SMILES string of the molecule is CC[C@@H]1CNc2cnc(Nc3ccc(C(=O)NCCOCCOCCNc4cccc5c4C(=O)N(C4CCC(=O)NC4=O)C5=O)cc3OC)nc2N1C1CCCC1. The highest BCUT2D eigenvalue weighted by atomic mass is 16.5. The second kappa shape index (κ2) is 18.0. The van der Waals surface area contributed by atoms with Crippen molar-refractivity contribution in [3.05, 3.63) is 59.3 Å². The summed E-state index contributed by atoms with van der Waals surface area (Å²) in [5, 5.41) is 15.0. The Morgan fingerprint density at radius 3 is 2.49 bits per heavy atom. The number of piperidine rings is 1. The first-order valence-electron chi connectivity index (χ1n) is 19.6. The molecule has 0 radical (unpaired) electrons. The number of methoxy groups -OCH3 is 1. The van der Waals surface area contributed by atoms with Gasteiger partial charge < -0.3 is 40.4 Å². The molecule has 2 atom stereocenters. The van der Waals surface area contributed by atoms with Gasteiger partial charge in [-0.25, -0.2) is 4.98 Å². The van der Waals surface area contributed by atoms with Gasteiger partial charge in [0, 0.05) is 49.4 Å². The molecule has 3 aliphatic heterocycles. The molecule has 1 aliphatic carbocycles. The number of carbonyl (C=O) groups excluding carboxylic acids is 5. The van der Waals surface area contributed by atoms with Gasteiger partial charge in [0.15, 0.2) is 5.82 Å². The van der Waals surface area contributed by atoms with E-state index in [0.29, 0.717) is 67.1 Å². The van der Waals surface area contributed by atoms with Crippen LogP contribution in [0.15, 0.2) is 42.6 Å². The van der Waals surface area contributed by atoms with Crippen molar-refractivity contribution >= 4 is 58.4 Å². The number of aromatic nitrogens is 2. The van der Waals surface area contributed by atoms with Gasteiger partial charge in [-0.05, 0) is 56.0 Å². The van der Waals surface area contributed by atoms with E-state index in [-0.39, 0.29) is 43.0 Å². The minimum atomic E-state index is -1.03. The summed E-state index contributed by atoms with van der Waals surface area (Å²) in [6.45, 7) is 4.91. The summed E-state index contributed by atoms with van der Waals surface area (Å²) in [6.07, 6.45) is 7.82. The van der Waals surface area contributed by atoms with Crippen LogP contribution in [0.4, 0.5) is 28.8 Å². The molecule has 1 saturated carbocycles. The number of hydrogen-bond acceptors (Lipinski definition) is 14. The molecule has 3 aromatic rings. The van der Waals surface area contributed by atoms with Crippen molar-refractivity contribution in [3.8, 4) is 5.75 Å². The molecule has 2 aromatic carbocycles. The van der Waals surface area contributed by atoms with Crippen LogP contribution in [0.2, 0.25) is 0 Å². The van der Waals surface area contributed by atoms with Gasteiger partial charge in [0.05, 0.1) is 62.2 Å². The third kappa shape index (κ3) is 8.63. The van der Waals surface area contributed by atoms with E-state index >= 15 is 0 Å². The lowest BCUT2D eigenvalue weighted by Crippen LogP contribution is -2.54. The molecule has 17 heteroatoms. The Balaban J connectivity index is 0.818. The molecule has 57 heavy (non-hydrogen) atoms. The monoisotopic (exact) mass is 783 g/mol. The van der Waals surface area contributed by atoms with E-state index < -0.39 is 29.7 Å². The quantitative estimate of drug-likeness (QED) is 0.0983. The molecule has 0 spiro atoms. The van der Waals surface area contributed by atoms with Gasteiger partial charge in [0.1, 0.15) is 11.8 Å². The van der Waals surface area contributed by atoms with E-state index in [1.54, 1.807) is 43.5 Å². The molecular weight excluding hydrogens is 734 g/mol. The zero-order chi connectivity index (χ0) is 39.9. The molecule has 4 aliphatic rings. The van der Waals surface area contributed by atoms with E-state index in [2.05, 4.69) is 43.4 Å². The predicted octanol–water partition coefficient (Wildman–Crippen LogP) is 3.46. The van der Waals surface area contributed by atoms with Gasteiger partial charge in [0.2, 0.25) is 17.8 Å². The summed E-state index contributed by atoms with van der Waals surface area (Å²) >= 11 is 0. The lowest BCUT2D eigenvalue weighted by molar-refractivity contribution is -0.136. The zero-order valence-electron chi connectivity index (χ0n) is 32.2. The molecule has 5 N–H and O–H groups in total. The minimum absolute atomic E-state index is 0.0538. The van der Waals surface area contributed by atoms with Crippen LogP contribution in [0.3, 0.4) is 0 Å². The largest absolute Gasteiger partial charge is 0.495 e. The topological polar surface area (TPSA) is 205 Å². The fraction of sp³-hybridized carbons (Fsp3) is 0.475. The molecule has 1 saturated heterocycles. The molecule has 0 bridgehead atoms. The summed E-state index contributed by atoms with van der Waals surface area (Å²) < 4.78 is 16.9. The van der Waals surface area contributed by atoms with Gasteiger partial charge in [-0.1, -0.05) is 25.8 Å². The number of ether oxygens (including phenoxy) is 3. The maximum atomic E-state index is 13.2. The second-order valence-electron chi connectivity index (χ2n) is 14.3. The molecule has 7 rings (SSSR count). The molecule has 17 nitrogen and oxygen atoms in total. The highest BCUT2D eigenvalue weighted by molar-refractivity contribution is 6.25. The predicted molar refractivity (Wildman–Crippen MR) is 211 cm³/mol. The Morgan fingerprint density at radius 1 is 0.947 bits per heavy atom. The number of amides is 5. The van der Waals surface area contributed by atoms with Crippen LogP contribution in [-0.2, 0) is 19.1 Å². The van der Waals surface area contributed by atoms with Crippen LogP contribution < -0.4 is 36.2 Å². The van der Waals surface area contributed by atoms with Crippen LogP contribution in [-0.4, -0.2) is 116 Å². The third-order valence-electron chi connectivity index (χ3n) is 10.8. The molecular formula is C40H49N9O8. The van der Waals surface area contributed by atoms with E-state index in [1.165, 1.54) is 25.7 Å². The Kier molecular flexibility index (Phi) is 12.4. The minimum Gasteiger partial charge on any atom is -0.495 e. The fourth-order valence-electron chi connectivity index (χ4n) is 7.89. The fourth-order valence-corrected chi connectivity index (χ4v) is 7.89. The first-order chi connectivity index (χ1) is 27.8. The van der Waals surface area contributed by atoms with Crippen LogP contribution in [0.25, 0.3) is 0 Å². The van der Waals surface area contributed by atoms with E-state index in [4.69, 9.17) is 19.2 Å². The summed E-state index contributed by atoms with van der Waals surface area (Å²) in [4.78, 5) is 76.1. The number of rotatable bonds is 17. The highest BCUT2D eigenvalue weighted by Crippen LogP contribution is 2.38. The zero-order valence-corrected chi connectivity index (χ0v) is 32.2. The van der Waals surface area contributed by atoms with Crippen molar-refractivity contribution in [3.63, 3.8) is 0 Å². The van der Waals surface area contributed by atoms with Crippen LogP contribution in [0, 0.1) is 0 Å². The Hall–Kier alpha value is -5.81. The van der Waals surface area contributed by atoms with E-state index in [0.717, 1.165) is 29.4 Å². The number of benzene rings is 2. The number of fused-ring (bicyclic) bond motifs is 2. The second-order valence-corrected chi connectivity index (χ2v) is 14.3. The lowest BCUT2D eigenvalue weighted by Gasteiger charge is -2.42. The molecule has 2 fully saturated rings. The number of hydrogen-bond donors (Lipinski definition) is 5. The first kappa shape index (κ1) is 39.4. The maximum absolute atomic E-state index is 13.2. The van der Waals surface area contributed by atoms with Crippen molar-refractivity contribution < 1.29 is 38.2 Å². The van der Waals surface area contributed by atoms with Gasteiger partial charge in [-0.2, -0.15) is 4.98 Å². The summed E-state index contributed by atoms with van der Waals surface area (Å²) in [5.74, 6) is -0.630. The third-order valence-corrected chi connectivity index (χ3v) is 10.8. The molecule has 4 heterocycles. The molecule has 5 amide bonds.